The van der Waals surface area contributed by atoms with Crippen molar-refractivity contribution in [1.29, 1.82) is 0 Å². The smallest absolute Gasteiger partial charge is 0.275 e. The molecular formula is C23H27N3O2. The first kappa shape index (κ1) is 19.8. The summed E-state index contributed by atoms with van der Waals surface area (Å²) < 4.78 is 1.40. The van der Waals surface area contributed by atoms with Gasteiger partial charge in [0.2, 0.25) is 0 Å². The molecule has 0 aliphatic heterocycles. The summed E-state index contributed by atoms with van der Waals surface area (Å²) in [6.45, 7) is 9.15. The second kappa shape index (κ2) is 8.38. The second-order valence-electron chi connectivity index (χ2n) is 7.79. The highest BCUT2D eigenvalue weighted by molar-refractivity contribution is 6.04. The molecule has 0 unspecified atom stereocenters. The van der Waals surface area contributed by atoms with Crippen LogP contribution in [-0.2, 0) is 6.54 Å². The maximum atomic E-state index is 13.4. The number of amides is 1. The van der Waals surface area contributed by atoms with E-state index >= 15 is 0 Å². The molecule has 1 amide bonds. The standard InChI is InChI=1S/C23H27N3O2/c1-16(2)14-25(17(3)4)23(28)21-19-12-8-9-13-20(19)22(27)26(24-21)15-18-10-6-5-7-11-18/h5-13,16-17H,14-15H2,1-4H3. The van der Waals surface area contributed by atoms with Crippen molar-refractivity contribution in [3.05, 3.63) is 76.2 Å². The van der Waals surface area contributed by atoms with E-state index in [-0.39, 0.29) is 17.5 Å². The van der Waals surface area contributed by atoms with Gasteiger partial charge in [-0.25, -0.2) is 4.68 Å². The molecule has 0 aliphatic rings. The molecule has 1 aromatic heterocycles. The fourth-order valence-corrected chi connectivity index (χ4v) is 3.31. The van der Waals surface area contributed by atoms with E-state index in [1.54, 1.807) is 12.1 Å². The number of carbonyl (C=O) groups excluding carboxylic acids is 1. The molecule has 0 atom stereocenters. The summed E-state index contributed by atoms with van der Waals surface area (Å²) in [5.74, 6) is 0.203. The van der Waals surface area contributed by atoms with Gasteiger partial charge in [-0.1, -0.05) is 62.4 Å². The van der Waals surface area contributed by atoms with Gasteiger partial charge in [-0.2, -0.15) is 5.10 Å². The maximum absolute atomic E-state index is 13.4. The van der Waals surface area contributed by atoms with Crippen molar-refractivity contribution < 1.29 is 4.79 Å². The zero-order chi connectivity index (χ0) is 20.3. The minimum atomic E-state index is -0.184. The van der Waals surface area contributed by atoms with Gasteiger partial charge < -0.3 is 4.90 Å². The van der Waals surface area contributed by atoms with E-state index in [9.17, 15) is 9.59 Å². The lowest BCUT2D eigenvalue weighted by Crippen LogP contribution is -2.41. The summed E-state index contributed by atoms with van der Waals surface area (Å²) in [5.41, 5.74) is 1.12. The van der Waals surface area contributed by atoms with Crippen LogP contribution in [0.4, 0.5) is 0 Å². The number of hydrogen-bond donors (Lipinski definition) is 0. The van der Waals surface area contributed by atoms with E-state index in [0.717, 1.165) is 5.56 Å². The molecular weight excluding hydrogens is 350 g/mol. The SMILES string of the molecule is CC(C)CN(C(=O)c1nn(Cc2ccccc2)c(=O)c2ccccc12)C(C)C. The molecule has 2 aromatic carbocycles. The Bertz CT molecular complexity index is 1020. The lowest BCUT2D eigenvalue weighted by Gasteiger charge is -2.28. The summed E-state index contributed by atoms with van der Waals surface area (Å²) in [4.78, 5) is 28.2. The third-order valence-electron chi connectivity index (χ3n) is 4.69. The minimum absolute atomic E-state index is 0.0463. The van der Waals surface area contributed by atoms with Gasteiger partial charge in [0.05, 0.1) is 11.9 Å². The molecule has 0 aliphatic carbocycles. The van der Waals surface area contributed by atoms with E-state index in [2.05, 4.69) is 18.9 Å². The Labute approximate surface area is 165 Å². The van der Waals surface area contributed by atoms with Gasteiger partial charge in [0.25, 0.3) is 11.5 Å². The Balaban J connectivity index is 2.14. The molecule has 0 N–H and O–H groups in total. The van der Waals surface area contributed by atoms with Crippen LogP contribution in [0.3, 0.4) is 0 Å². The monoisotopic (exact) mass is 377 g/mol. The predicted octanol–water partition coefficient (Wildman–Crippen LogP) is 3.95. The lowest BCUT2D eigenvalue weighted by molar-refractivity contribution is 0.0675. The number of nitrogens with zero attached hydrogens (tertiary/aromatic N) is 3. The number of benzene rings is 2. The third kappa shape index (κ3) is 4.14. The van der Waals surface area contributed by atoms with E-state index < -0.39 is 0 Å². The Hall–Kier alpha value is -2.95. The molecule has 3 aromatic rings. The molecule has 0 saturated carbocycles. The normalized spacial score (nSPS) is 11.4. The van der Waals surface area contributed by atoms with E-state index in [4.69, 9.17) is 0 Å². The van der Waals surface area contributed by atoms with Crippen molar-refractivity contribution in [2.75, 3.05) is 6.54 Å². The van der Waals surface area contributed by atoms with Gasteiger partial charge in [0, 0.05) is 18.0 Å². The zero-order valence-electron chi connectivity index (χ0n) is 16.9. The first-order valence-corrected chi connectivity index (χ1v) is 9.73. The Morgan fingerprint density at radius 2 is 1.57 bits per heavy atom. The highest BCUT2D eigenvalue weighted by atomic mass is 16.2. The highest BCUT2D eigenvalue weighted by Gasteiger charge is 2.24. The lowest BCUT2D eigenvalue weighted by atomic mass is 10.1. The summed E-state index contributed by atoms with van der Waals surface area (Å²) in [6.07, 6.45) is 0. The molecule has 0 saturated heterocycles. The summed E-state index contributed by atoms with van der Waals surface area (Å²) in [5, 5.41) is 5.65. The number of fused-ring (bicyclic) bond motifs is 1. The number of aromatic nitrogens is 2. The Morgan fingerprint density at radius 1 is 0.964 bits per heavy atom. The molecule has 5 nitrogen and oxygen atoms in total. The van der Waals surface area contributed by atoms with Crippen LogP contribution in [-0.4, -0.2) is 33.2 Å². The topological polar surface area (TPSA) is 55.2 Å². The van der Waals surface area contributed by atoms with Crippen molar-refractivity contribution in [3.63, 3.8) is 0 Å². The van der Waals surface area contributed by atoms with Gasteiger partial charge in [-0.05, 0) is 31.4 Å². The van der Waals surface area contributed by atoms with Gasteiger partial charge in [-0.15, -0.1) is 0 Å². The van der Waals surface area contributed by atoms with Crippen LogP contribution in [0.5, 0.6) is 0 Å². The van der Waals surface area contributed by atoms with Crippen LogP contribution in [0.2, 0.25) is 0 Å². The van der Waals surface area contributed by atoms with Gasteiger partial charge in [0.15, 0.2) is 5.69 Å². The first-order valence-electron chi connectivity index (χ1n) is 9.73. The van der Waals surface area contributed by atoms with Crippen molar-refractivity contribution in [3.8, 4) is 0 Å². The van der Waals surface area contributed by atoms with E-state index in [1.807, 2.05) is 61.2 Å². The second-order valence-corrected chi connectivity index (χ2v) is 7.79. The van der Waals surface area contributed by atoms with Crippen molar-refractivity contribution >= 4 is 16.7 Å². The predicted molar refractivity (Wildman–Crippen MR) is 113 cm³/mol. The third-order valence-corrected chi connectivity index (χ3v) is 4.69. The first-order chi connectivity index (χ1) is 13.4. The molecule has 146 valence electrons. The highest BCUT2D eigenvalue weighted by Crippen LogP contribution is 2.18. The average molecular weight is 377 g/mol. The summed E-state index contributed by atoms with van der Waals surface area (Å²) >= 11 is 0. The van der Waals surface area contributed by atoms with Crippen LogP contribution in [0.15, 0.2) is 59.4 Å². The van der Waals surface area contributed by atoms with Crippen molar-refractivity contribution in [1.82, 2.24) is 14.7 Å². The molecule has 28 heavy (non-hydrogen) atoms. The van der Waals surface area contributed by atoms with E-state index in [1.165, 1.54) is 4.68 Å². The molecule has 1 heterocycles. The summed E-state index contributed by atoms with van der Waals surface area (Å²) in [7, 11) is 0. The minimum Gasteiger partial charge on any atom is -0.335 e. The van der Waals surface area contributed by atoms with Crippen molar-refractivity contribution in [2.45, 2.75) is 40.3 Å². The molecule has 0 bridgehead atoms. The van der Waals surface area contributed by atoms with Crippen molar-refractivity contribution in [2.24, 2.45) is 5.92 Å². The molecule has 0 fully saturated rings. The fraction of sp³-hybridized carbons (Fsp3) is 0.348. The molecule has 5 heteroatoms. The van der Waals surface area contributed by atoms with Crippen LogP contribution in [0.1, 0.15) is 43.7 Å². The number of hydrogen-bond acceptors (Lipinski definition) is 3. The quantitative estimate of drug-likeness (QED) is 0.653. The fourth-order valence-electron chi connectivity index (χ4n) is 3.31. The Morgan fingerprint density at radius 3 is 2.18 bits per heavy atom. The van der Waals surface area contributed by atoms with Crippen LogP contribution in [0.25, 0.3) is 10.8 Å². The number of carbonyl (C=O) groups is 1. The molecule has 0 radical (unpaired) electrons. The molecule has 0 spiro atoms. The van der Waals surface area contributed by atoms with Crippen LogP contribution < -0.4 is 5.56 Å². The summed E-state index contributed by atoms with van der Waals surface area (Å²) in [6, 6.07) is 17.0. The van der Waals surface area contributed by atoms with Crippen LogP contribution in [0, 0.1) is 5.92 Å². The van der Waals surface area contributed by atoms with Gasteiger partial charge in [0.1, 0.15) is 0 Å². The number of rotatable bonds is 6. The average Bonchev–Trinajstić information content (AvgIpc) is 2.68. The van der Waals surface area contributed by atoms with Crippen LogP contribution >= 0.6 is 0 Å². The van der Waals surface area contributed by atoms with Gasteiger partial charge in [-0.3, -0.25) is 9.59 Å². The van der Waals surface area contributed by atoms with E-state index in [0.29, 0.717) is 35.5 Å². The Kier molecular flexibility index (Phi) is 5.93. The maximum Gasteiger partial charge on any atom is 0.275 e. The van der Waals surface area contributed by atoms with Gasteiger partial charge >= 0.3 is 0 Å². The molecule has 3 rings (SSSR count). The zero-order valence-corrected chi connectivity index (χ0v) is 16.9. The largest absolute Gasteiger partial charge is 0.335 e.